The van der Waals surface area contributed by atoms with E-state index >= 15 is 0 Å². The molecule has 1 aliphatic rings. The molecule has 1 fully saturated rings. The quantitative estimate of drug-likeness (QED) is 0.721. The third-order valence-corrected chi connectivity index (χ3v) is 4.27. The Labute approximate surface area is 143 Å². The average molecular weight is 435 g/mol. The number of nitrogens with zero attached hydrogens (tertiary/aromatic N) is 1. The molecule has 2 rings (SSSR count). The smallest absolute Gasteiger partial charge is 0.314 e. The molecule has 0 bridgehead atoms. The van der Waals surface area contributed by atoms with Gasteiger partial charge < -0.3 is 5.32 Å². The van der Waals surface area contributed by atoms with Crippen molar-refractivity contribution in [3.63, 3.8) is 0 Å². The summed E-state index contributed by atoms with van der Waals surface area (Å²) in [6.07, 6.45) is -4.69. The molecule has 1 N–H and O–H groups in total. The molecular formula is C14H19ClF3IN2. The van der Waals surface area contributed by atoms with E-state index in [1.165, 1.54) is 0 Å². The number of nitrogens with one attached hydrogen (secondary N) is 1. The molecule has 0 unspecified atom stereocenters. The Hall–Kier alpha value is -0.0500. The van der Waals surface area contributed by atoms with Crippen LogP contribution in [0.3, 0.4) is 0 Å². The van der Waals surface area contributed by atoms with Gasteiger partial charge in [0, 0.05) is 42.2 Å². The van der Waals surface area contributed by atoms with Gasteiger partial charge in [-0.15, -0.1) is 12.4 Å². The van der Waals surface area contributed by atoms with Crippen molar-refractivity contribution >= 4 is 35.0 Å². The summed E-state index contributed by atoms with van der Waals surface area (Å²) in [6.45, 7) is 3.28. The summed E-state index contributed by atoms with van der Waals surface area (Å²) in [4.78, 5) is 2.16. The Morgan fingerprint density at radius 1 is 1.14 bits per heavy atom. The van der Waals surface area contributed by atoms with Crippen molar-refractivity contribution in [1.29, 1.82) is 0 Å². The number of alkyl halides is 3. The number of hydrogen-bond donors (Lipinski definition) is 1. The van der Waals surface area contributed by atoms with E-state index in [9.17, 15) is 13.2 Å². The molecule has 0 spiro atoms. The SMILES string of the molecule is Cl.FC(F)(F)CC[C@H](c1ccc(I)cc1)N1CCNCC1. The zero-order chi connectivity index (χ0) is 14.6. The number of rotatable bonds is 4. The van der Waals surface area contributed by atoms with E-state index in [0.29, 0.717) is 0 Å². The van der Waals surface area contributed by atoms with Crippen molar-refractivity contribution in [2.45, 2.75) is 25.1 Å². The van der Waals surface area contributed by atoms with Gasteiger partial charge in [-0.2, -0.15) is 13.2 Å². The first-order chi connectivity index (χ1) is 9.46. The summed E-state index contributed by atoms with van der Waals surface area (Å²) >= 11 is 2.20. The van der Waals surface area contributed by atoms with Crippen LogP contribution in [0.15, 0.2) is 24.3 Å². The van der Waals surface area contributed by atoms with Crippen molar-refractivity contribution < 1.29 is 13.2 Å². The fourth-order valence-corrected chi connectivity index (χ4v) is 2.90. The lowest BCUT2D eigenvalue weighted by molar-refractivity contribution is -0.138. The highest BCUT2D eigenvalue weighted by Gasteiger charge is 2.31. The first-order valence-corrected chi connectivity index (χ1v) is 7.80. The summed E-state index contributed by atoms with van der Waals surface area (Å²) in [5.74, 6) is 0. The van der Waals surface area contributed by atoms with E-state index in [1.807, 2.05) is 24.3 Å². The molecule has 1 aromatic carbocycles. The number of hydrogen-bond acceptors (Lipinski definition) is 2. The monoisotopic (exact) mass is 434 g/mol. The maximum absolute atomic E-state index is 12.5. The van der Waals surface area contributed by atoms with Gasteiger partial charge >= 0.3 is 6.18 Å². The van der Waals surface area contributed by atoms with Crippen LogP contribution in [-0.2, 0) is 0 Å². The second kappa shape index (κ2) is 8.55. The second-order valence-corrected chi connectivity index (χ2v) is 6.25. The third-order valence-electron chi connectivity index (χ3n) is 3.55. The standard InChI is InChI=1S/C14H18F3IN2.ClH/c15-14(16,17)6-5-13(20-9-7-19-8-10-20)11-1-3-12(18)4-2-11;/h1-4,13,19H,5-10H2;1H/t13-;/m1./s1. The van der Waals surface area contributed by atoms with Crippen LogP contribution in [-0.4, -0.2) is 37.3 Å². The van der Waals surface area contributed by atoms with Crippen LogP contribution in [0.5, 0.6) is 0 Å². The van der Waals surface area contributed by atoms with Gasteiger partial charge in [-0.1, -0.05) is 12.1 Å². The fourth-order valence-electron chi connectivity index (χ4n) is 2.54. The normalized spacial score (nSPS) is 18.1. The predicted octanol–water partition coefficient (Wildman–Crippen LogP) is 4.00. The van der Waals surface area contributed by atoms with E-state index in [1.54, 1.807) is 0 Å². The Morgan fingerprint density at radius 2 is 1.71 bits per heavy atom. The van der Waals surface area contributed by atoms with Crippen molar-refractivity contribution in [3.8, 4) is 0 Å². The molecule has 1 heterocycles. The van der Waals surface area contributed by atoms with Crippen LogP contribution >= 0.6 is 35.0 Å². The summed E-state index contributed by atoms with van der Waals surface area (Å²) in [5, 5.41) is 3.24. The van der Waals surface area contributed by atoms with Crippen LogP contribution in [0.4, 0.5) is 13.2 Å². The van der Waals surface area contributed by atoms with Crippen molar-refractivity contribution in [2.24, 2.45) is 0 Å². The Balaban J connectivity index is 0.00000220. The lowest BCUT2D eigenvalue weighted by Gasteiger charge is -2.35. The first-order valence-electron chi connectivity index (χ1n) is 6.73. The average Bonchev–Trinajstić information content (AvgIpc) is 2.41. The largest absolute Gasteiger partial charge is 0.389 e. The third kappa shape index (κ3) is 6.30. The number of benzene rings is 1. The van der Waals surface area contributed by atoms with Gasteiger partial charge in [0.2, 0.25) is 0 Å². The summed E-state index contributed by atoms with van der Waals surface area (Å²) in [5.41, 5.74) is 0.983. The second-order valence-electron chi connectivity index (χ2n) is 5.01. The minimum Gasteiger partial charge on any atom is -0.314 e. The van der Waals surface area contributed by atoms with Gasteiger partial charge in [0.1, 0.15) is 0 Å². The maximum Gasteiger partial charge on any atom is 0.389 e. The van der Waals surface area contributed by atoms with Crippen molar-refractivity contribution in [2.75, 3.05) is 26.2 Å². The van der Waals surface area contributed by atoms with E-state index < -0.39 is 12.6 Å². The Bertz CT molecular complexity index is 419. The van der Waals surface area contributed by atoms with Crippen LogP contribution in [0, 0.1) is 3.57 Å². The molecule has 21 heavy (non-hydrogen) atoms. The summed E-state index contributed by atoms with van der Waals surface area (Å²) in [6, 6.07) is 7.67. The van der Waals surface area contributed by atoms with E-state index in [0.717, 1.165) is 35.3 Å². The number of halogens is 5. The highest BCUT2D eigenvalue weighted by atomic mass is 127. The lowest BCUT2D eigenvalue weighted by atomic mass is 9.99. The van der Waals surface area contributed by atoms with Gasteiger partial charge in [0.25, 0.3) is 0 Å². The van der Waals surface area contributed by atoms with Gasteiger partial charge in [-0.3, -0.25) is 4.90 Å². The highest BCUT2D eigenvalue weighted by Crippen LogP contribution is 2.31. The Morgan fingerprint density at radius 3 is 2.24 bits per heavy atom. The molecule has 1 aromatic rings. The summed E-state index contributed by atoms with van der Waals surface area (Å²) in [7, 11) is 0. The molecule has 2 nitrogen and oxygen atoms in total. The molecule has 0 aliphatic carbocycles. The molecule has 1 atom stereocenters. The van der Waals surface area contributed by atoms with Crippen LogP contribution in [0.2, 0.25) is 0 Å². The van der Waals surface area contributed by atoms with Crippen LogP contribution < -0.4 is 5.32 Å². The van der Waals surface area contributed by atoms with Crippen molar-refractivity contribution in [3.05, 3.63) is 33.4 Å². The molecule has 0 amide bonds. The fraction of sp³-hybridized carbons (Fsp3) is 0.571. The van der Waals surface area contributed by atoms with Crippen molar-refractivity contribution in [1.82, 2.24) is 10.2 Å². The molecule has 1 saturated heterocycles. The van der Waals surface area contributed by atoms with Gasteiger partial charge in [0.05, 0.1) is 0 Å². The molecule has 0 saturated carbocycles. The van der Waals surface area contributed by atoms with Crippen LogP contribution in [0.25, 0.3) is 0 Å². The Kier molecular flexibility index (Phi) is 7.73. The minimum atomic E-state index is -4.09. The van der Waals surface area contributed by atoms with Gasteiger partial charge in [-0.25, -0.2) is 0 Å². The van der Waals surface area contributed by atoms with Gasteiger partial charge in [0.15, 0.2) is 0 Å². The zero-order valence-electron chi connectivity index (χ0n) is 11.5. The molecular weight excluding hydrogens is 416 g/mol. The number of piperazine rings is 1. The molecule has 0 radical (unpaired) electrons. The zero-order valence-corrected chi connectivity index (χ0v) is 14.5. The molecule has 1 aliphatic heterocycles. The lowest BCUT2D eigenvalue weighted by Crippen LogP contribution is -2.45. The van der Waals surface area contributed by atoms with E-state index in [2.05, 4.69) is 32.8 Å². The van der Waals surface area contributed by atoms with Gasteiger partial charge in [-0.05, 0) is 46.7 Å². The molecule has 120 valence electrons. The maximum atomic E-state index is 12.5. The van der Waals surface area contributed by atoms with E-state index in [4.69, 9.17) is 0 Å². The predicted molar refractivity (Wildman–Crippen MR) is 88.9 cm³/mol. The topological polar surface area (TPSA) is 15.3 Å². The molecule has 0 aromatic heterocycles. The first kappa shape index (κ1) is 19.0. The van der Waals surface area contributed by atoms with Crippen LogP contribution in [0.1, 0.15) is 24.4 Å². The van der Waals surface area contributed by atoms with E-state index in [-0.39, 0.29) is 24.9 Å². The highest BCUT2D eigenvalue weighted by molar-refractivity contribution is 14.1. The molecule has 7 heteroatoms. The summed E-state index contributed by atoms with van der Waals surface area (Å²) < 4.78 is 38.7. The minimum absolute atomic E-state index is 0.